The Morgan fingerprint density at radius 3 is 1.75 bits per heavy atom. The van der Waals surface area contributed by atoms with Gasteiger partial charge in [0, 0.05) is 5.45 Å². The summed E-state index contributed by atoms with van der Waals surface area (Å²) in [6.45, 7) is 0. The van der Waals surface area contributed by atoms with E-state index in [0.29, 0.717) is 5.45 Å². The molecule has 0 saturated carbocycles. The SMILES string of the molecule is Cl.NCBr. The van der Waals surface area contributed by atoms with Crippen LogP contribution < -0.4 is 5.73 Å². The fraction of sp³-hybridized carbons (Fsp3) is 1.00. The van der Waals surface area contributed by atoms with Gasteiger partial charge in [-0.05, 0) is 0 Å². The van der Waals surface area contributed by atoms with Crippen molar-refractivity contribution in [2.75, 3.05) is 5.45 Å². The maximum atomic E-state index is 4.76. The van der Waals surface area contributed by atoms with Crippen LogP contribution in [0.2, 0.25) is 0 Å². The van der Waals surface area contributed by atoms with Crippen LogP contribution in [0.4, 0.5) is 0 Å². The van der Waals surface area contributed by atoms with Crippen molar-refractivity contribution in [3.8, 4) is 0 Å². The molecule has 0 aromatic rings. The maximum Gasteiger partial charge on any atom is 0.0492 e. The van der Waals surface area contributed by atoms with Crippen LogP contribution in [0, 0.1) is 0 Å². The quantitative estimate of drug-likeness (QED) is 0.395. The zero-order chi connectivity index (χ0) is 2.71. The van der Waals surface area contributed by atoms with Gasteiger partial charge in [0.25, 0.3) is 0 Å². The van der Waals surface area contributed by atoms with Crippen LogP contribution in [0.3, 0.4) is 0 Å². The minimum atomic E-state index is 0. The summed E-state index contributed by atoms with van der Waals surface area (Å²) in [5.41, 5.74) is 5.33. The second-order valence-corrected chi connectivity index (χ2v) is 0.802. The van der Waals surface area contributed by atoms with Gasteiger partial charge in [0.15, 0.2) is 0 Å². The maximum absolute atomic E-state index is 4.76. The van der Waals surface area contributed by atoms with E-state index in [2.05, 4.69) is 15.9 Å². The van der Waals surface area contributed by atoms with Gasteiger partial charge < -0.3 is 5.73 Å². The average Bonchev–Trinajstić information content (AvgIpc) is 0.918. The fourth-order valence-electron chi connectivity index (χ4n) is 0. The van der Waals surface area contributed by atoms with Gasteiger partial charge in [0.1, 0.15) is 0 Å². The Hall–Kier alpha value is 0.730. The molecule has 28 valence electrons. The van der Waals surface area contributed by atoms with Crippen LogP contribution in [0.25, 0.3) is 0 Å². The standard InChI is InChI=1S/CH4BrN.ClH/c2-1-3;/h1,3H2;1H. The van der Waals surface area contributed by atoms with E-state index < -0.39 is 0 Å². The molecule has 0 saturated heterocycles. The van der Waals surface area contributed by atoms with Crippen LogP contribution in [-0.4, -0.2) is 5.45 Å². The number of alkyl halides is 1. The van der Waals surface area contributed by atoms with Crippen molar-refractivity contribution >= 4 is 28.3 Å². The highest BCUT2D eigenvalue weighted by atomic mass is 79.9. The van der Waals surface area contributed by atoms with Crippen molar-refractivity contribution in [3.63, 3.8) is 0 Å². The van der Waals surface area contributed by atoms with Crippen LogP contribution in [0.5, 0.6) is 0 Å². The molecule has 2 N–H and O–H groups in total. The van der Waals surface area contributed by atoms with Crippen LogP contribution in [0.15, 0.2) is 0 Å². The molecule has 3 heteroatoms. The van der Waals surface area contributed by atoms with Crippen LogP contribution in [0.1, 0.15) is 0 Å². The Kier molecular flexibility index (Phi) is 20.5. The van der Waals surface area contributed by atoms with Crippen molar-refractivity contribution in [1.29, 1.82) is 0 Å². The van der Waals surface area contributed by atoms with E-state index in [1.807, 2.05) is 0 Å². The van der Waals surface area contributed by atoms with Crippen molar-refractivity contribution in [2.24, 2.45) is 5.73 Å². The Bertz CT molecular complexity index is 8.00. The fourth-order valence-corrected chi connectivity index (χ4v) is 0. The first-order valence-corrected chi connectivity index (χ1v) is 1.80. The molecule has 0 aromatic heterocycles. The molecule has 1 nitrogen and oxygen atoms in total. The van der Waals surface area contributed by atoms with Crippen molar-refractivity contribution in [3.05, 3.63) is 0 Å². The Labute approximate surface area is 40.1 Å². The van der Waals surface area contributed by atoms with E-state index in [-0.39, 0.29) is 12.4 Å². The molecular weight excluding hydrogens is 141 g/mol. The third-order valence-electron chi connectivity index (χ3n) is 0. The van der Waals surface area contributed by atoms with Gasteiger partial charge in [-0.15, -0.1) is 12.4 Å². The molecular formula is CH5BrClN. The number of hydrogen-bond donors (Lipinski definition) is 1. The summed E-state index contributed by atoms with van der Waals surface area (Å²) in [4.78, 5) is 0. The summed E-state index contributed by atoms with van der Waals surface area (Å²) in [6, 6.07) is 0. The molecule has 0 aliphatic heterocycles. The summed E-state index contributed by atoms with van der Waals surface area (Å²) >= 11 is 2.92. The van der Waals surface area contributed by atoms with Crippen molar-refractivity contribution in [2.45, 2.75) is 0 Å². The lowest BCUT2D eigenvalue weighted by atomic mass is 11.6. The molecule has 0 fully saturated rings. The predicted octanol–water partition coefficient (Wildman–Crippen LogP) is 0.719. The summed E-state index contributed by atoms with van der Waals surface area (Å²) < 4.78 is 0. The second kappa shape index (κ2) is 9.29. The zero-order valence-corrected chi connectivity index (χ0v) is 4.47. The van der Waals surface area contributed by atoms with E-state index >= 15 is 0 Å². The molecule has 0 unspecified atom stereocenters. The average molecular weight is 146 g/mol. The highest BCUT2D eigenvalue weighted by Crippen LogP contribution is 1.57. The normalized spacial score (nSPS) is 4.50. The molecule has 0 radical (unpaired) electrons. The molecule has 0 spiro atoms. The van der Waals surface area contributed by atoms with E-state index in [9.17, 15) is 0 Å². The highest BCUT2D eigenvalue weighted by molar-refractivity contribution is 9.09. The molecule has 0 bridgehead atoms. The number of hydrogen-bond acceptors (Lipinski definition) is 1. The highest BCUT2D eigenvalue weighted by Gasteiger charge is 1.35. The monoisotopic (exact) mass is 145 g/mol. The molecule has 4 heavy (non-hydrogen) atoms. The Balaban J connectivity index is 0. The van der Waals surface area contributed by atoms with Crippen molar-refractivity contribution < 1.29 is 0 Å². The largest absolute Gasteiger partial charge is 0.321 e. The predicted molar refractivity (Wildman–Crippen MR) is 25.2 cm³/mol. The van der Waals surface area contributed by atoms with Crippen molar-refractivity contribution in [1.82, 2.24) is 0 Å². The van der Waals surface area contributed by atoms with Gasteiger partial charge in [-0.1, -0.05) is 15.9 Å². The van der Waals surface area contributed by atoms with Crippen LogP contribution in [-0.2, 0) is 0 Å². The third kappa shape index (κ3) is 15.3. The first-order valence-electron chi connectivity index (χ1n) is 0.676. The molecule has 0 aromatic carbocycles. The summed E-state index contributed by atoms with van der Waals surface area (Å²) in [5, 5.41) is 0. The van der Waals surface area contributed by atoms with Gasteiger partial charge in [-0.3, -0.25) is 0 Å². The lowest BCUT2D eigenvalue weighted by Crippen LogP contribution is -1.82. The van der Waals surface area contributed by atoms with E-state index in [1.54, 1.807) is 0 Å². The lowest BCUT2D eigenvalue weighted by Gasteiger charge is -1.50. The molecule has 0 aliphatic carbocycles. The van der Waals surface area contributed by atoms with Gasteiger partial charge >= 0.3 is 0 Å². The molecule has 0 heterocycles. The number of halogens is 2. The third-order valence-corrected chi connectivity index (χ3v) is 0. The first-order chi connectivity index (χ1) is 1.41. The van der Waals surface area contributed by atoms with E-state index in [4.69, 9.17) is 5.73 Å². The number of rotatable bonds is 0. The topological polar surface area (TPSA) is 26.0 Å². The van der Waals surface area contributed by atoms with Gasteiger partial charge in [0.2, 0.25) is 0 Å². The molecule has 0 aliphatic rings. The summed E-state index contributed by atoms with van der Waals surface area (Å²) in [7, 11) is 0. The minimum Gasteiger partial charge on any atom is -0.321 e. The smallest absolute Gasteiger partial charge is 0.0492 e. The van der Waals surface area contributed by atoms with E-state index in [1.165, 1.54) is 0 Å². The lowest BCUT2D eigenvalue weighted by molar-refractivity contribution is 1.43. The minimum absolute atomic E-state index is 0. The molecule has 0 atom stereocenters. The van der Waals surface area contributed by atoms with Gasteiger partial charge in [-0.2, -0.15) is 0 Å². The Morgan fingerprint density at radius 2 is 1.75 bits per heavy atom. The molecule has 0 rings (SSSR count). The van der Waals surface area contributed by atoms with E-state index in [0.717, 1.165) is 0 Å². The van der Waals surface area contributed by atoms with Gasteiger partial charge in [-0.25, -0.2) is 0 Å². The second-order valence-electron chi connectivity index (χ2n) is 0.154. The molecule has 0 amide bonds. The summed E-state index contributed by atoms with van der Waals surface area (Å²) in [5.74, 6) is 0. The van der Waals surface area contributed by atoms with Crippen LogP contribution >= 0.6 is 28.3 Å². The summed E-state index contributed by atoms with van der Waals surface area (Å²) in [6.07, 6.45) is 0. The first kappa shape index (κ1) is 8.83. The Morgan fingerprint density at radius 1 is 1.75 bits per heavy atom. The zero-order valence-electron chi connectivity index (χ0n) is 2.07. The van der Waals surface area contributed by atoms with Gasteiger partial charge in [0.05, 0.1) is 0 Å². The number of nitrogens with two attached hydrogens (primary N) is 1.